The second-order valence-electron chi connectivity index (χ2n) is 7.61. The molecule has 0 unspecified atom stereocenters. The van der Waals surface area contributed by atoms with E-state index >= 15 is 0 Å². The van der Waals surface area contributed by atoms with Gasteiger partial charge in [-0.05, 0) is 37.3 Å². The number of nitrogens with zero attached hydrogens (tertiary/aromatic N) is 3. The first-order valence-corrected chi connectivity index (χ1v) is 9.19. The van der Waals surface area contributed by atoms with Crippen molar-refractivity contribution in [2.75, 3.05) is 18.0 Å². The van der Waals surface area contributed by atoms with Crippen molar-refractivity contribution in [3.8, 4) is 11.4 Å². The molecule has 0 bridgehead atoms. The molecule has 3 heteroatoms. The van der Waals surface area contributed by atoms with Crippen molar-refractivity contribution in [3.63, 3.8) is 0 Å². The molecule has 3 nitrogen and oxygen atoms in total. The summed E-state index contributed by atoms with van der Waals surface area (Å²) in [5.41, 5.74) is 3.35. The summed E-state index contributed by atoms with van der Waals surface area (Å²) in [6.07, 6.45) is 1.30. The first-order valence-electron chi connectivity index (χ1n) is 9.19. The lowest BCUT2D eigenvalue weighted by molar-refractivity contribution is 0.356. The Labute approximate surface area is 149 Å². The SMILES string of the molecule is Cc1ccc(-c2nc(N3C[C@H](C)C[C@H](C)C3)c3ccccc3n2)cc1. The normalized spacial score (nSPS) is 20.8. The van der Waals surface area contributed by atoms with Crippen molar-refractivity contribution in [3.05, 3.63) is 54.1 Å². The highest BCUT2D eigenvalue weighted by Crippen LogP contribution is 2.31. The molecule has 25 heavy (non-hydrogen) atoms. The van der Waals surface area contributed by atoms with Gasteiger partial charge in [0.25, 0.3) is 0 Å². The van der Waals surface area contributed by atoms with Gasteiger partial charge in [0.2, 0.25) is 0 Å². The Bertz CT molecular complexity index is 875. The first-order chi connectivity index (χ1) is 12.1. The maximum absolute atomic E-state index is 5.01. The highest BCUT2D eigenvalue weighted by Gasteiger charge is 2.24. The number of anilines is 1. The average Bonchev–Trinajstić information content (AvgIpc) is 2.60. The molecule has 0 aliphatic carbocycles. The number of para-hydroxylation sites is 1. The largest absolute Gasteiger partial charge is 0.355 e. The van der Waals surface area contributed by atoms with Gasteiger partial charge in [0.15, 0.2) is 5.82 Å². The molecule has 2 heterocycles. The van der Waals surface area contributed by atoms with Crippen LogP contribution in [0.25, 0.3) is 22.3 Å². The summed E-state index contributed by atoms with van der Waals surface area (Å²) in [6.45, 7) is 8.92. The molecule has 0 spiro atoms. The Morgan fingerprint density at radius 3 is 2.28 bits per heavy atom. The zero-order valence-electron chi connectivity index (χ0n) is 15.2. The Balaban J connectivity index is 1.85. The van der Waals surface area contributed by atoms with E-state index in [0.717, 1.165) is 41.2 Å². The molecule has 2 aromatic carbocycles. The summed E-state index contributed by atoms with van der Waals surface area (Å²) < 4.78 is 0. The zero-order chi connectivity index (χ0) is 17.4. The van der Waals surface area contributed by atoms with Crippen LogP contribution < -0.4 is 4.90 Å². The topological polar surface area (TPSA) is 29.0 Å². The fraction of sp³-hybridized carbons (Fsp3) is 0.364. The Kier molecular flexibility index (Phi) is 4.16. The van der Waals surface area contributed by atoms with Crippen LogP contribution in [0.4, 0.5) is 5.82 Å². The highest BCUT2D eigenvalue weighted by atomic mass is 15.2. The summed E-state index contributed by atoms with van der Waals surface area (Å²) in [5, 5.41) is 1.15. The molecule has 1 aliphatic heterocycles. The van der Waals surface area contributed by atoms with E-state index < -0.39 is 0 Å². The second kappa shape index (κ2) is 6.47. The van der Waals surface area contributed by atoms with Crippen molar-refractivity contribution in [1.29, 1.82) is 0 Å². The molecule has 0 radical (unpaired) electrons. The van der Waals surface area contributed by atoms with Crippen molar-refractivity contribution in [1.82, 2.24) is 9.97 Å². The summed E-state index contributed by atoms with van der Waals surface area (Å²) in [6, 6.07) is 16.9. The fourth-order valence-corrected chi connectivity index (χ4v) is 3.97. The van der Waals surface area contributed by atoms with Gasteiger partial charge in [0, 0.05) is 24.0 Å². The molecule has 1 fully saturated rings. The van der Waals surface area contributed by atoms with Gasteiger partial charge in [-0.25, -0.2) is 9.97 Å². The van der Waals surface area contributed by atoms with Crippen LogP contribution in [-0.2, 0) is 0 Å². The van der Waals surface area contributed by atoms with Gasteiger partial charge >= 0.3 is 0 Å². The summed E-state index contributed by atoms with van der Waals surface area (Å²) >= 11 is 0. The van der Waals surface area contributed by atoms with Gasteiger partial charge < -0.3 is 4.90 Å². The van der Waals surface area contributed by atoms with E-state index in [2.05, 4.69) is 74.2 Å². The van der Waals surface area contributed by atoms with Crippen molar-refractivity contribution in [2.24, 2.45) is 11.8 Å². The first kappa shape index (κ1) is 16.1. The minimum atomic E-state index is 0.695. The van der Waals surface area contributed by atoms with E-state index in [-0.39, 0.29) is 0 Å². The molecule has 3 aromatic rings. The van der Waals surface area contributed by atoms with E-state index in [1.165, 1.54) is 12.0 Å². The lowest BCUT2D eigenvalue weighted by atomic mass is 9.92. The third-order valence-corrected chi connectivity index (χ3v) is 5.06. The highest BCUT2D eigenvalue weighted by molar-refractivity contribution is 5.91. The van der Waals surface area contributed by atoms with Gasteiger partial charge in [-0.2, -0.15) is 0 Å². The maximum Gasteiger partial charge on any atom is 0.162 e. The van der Waals surface area contributed by atoms with E-state index in [0.29, 0.717) is 11.8 Å². The lowest BCUT2D eigenvalue weighted by Gasteiger charge is -2.36. The molecule has 1 saturated heterocycles. The van der Waals surface area contributed by atoms with E-state index in [1.54, 1.807) is 0 Å². The van der Waals surface area contributed by atoms with E-state index in [4.69, 9.17) is 9.97 Å². The van der Waals surface area contributed by atoms with Crippen molar-refractivity contribution < 1.29 is 0 Å². The number of hydrogen-bond acceptors (Lipinski definition) is 3. The maximum atomic E-state index is 5.01. The van der Waals surface area contributed by atoms with Crippen molar-refractivity contribution >= 4 is 16.7 Å². The van der Waals surface area contributed by atoms with E-state index in [9.17, 15) is 0 Å². The van der Waals surface area contributed by atoms with Crippen LogP contribution in [0.2, 0.25) is 0 Å². The molecule has 1 aromatic heterocycles. The van der Waals surface area contributed by atoms with Gasteiger partial charge in [-0.15, -0.1) is 0 Å². The van der Waals surface area contributed by atoms with E-state index in [1.807, 2.05) is 0 Å². The van der Waals surface area contributed by atoms with Crippen LogP contribution in [0.1, 0.15) is 25.8 Å². The van der Waals surface area contributed by atoms with Crippen LogP contribution in [-0.4, -0.2) is 23.1 Å². The minimum Gasteiger partial charge on any atom is -0.355 e. The summed E-state index contributed by atoms with van der Waals surface area (Å²) in [7, 11) is 0. The van der Waals surface area contributed by atoms with Crippen LogP contribution in [0.15, 0.2) is 48.5 Å². The monoisotopic (exact) mass is 331 g/mol. The Morgan fingerprint density at radius 1 is 0.880 bits per heavy atom. The molecule has 1 aliphatic rings. The van der Waals surface area contributed by atoms with Crippen LogP contribution in [0.3, 0.4) is 0 Å². The molecular formula is C22H25N3. The standard InChI is InChI=1S/C22H25N3/c1-15-8-10-18(11-9-15)21-23-20-7-5-4-6-19(20)22(24-21)25-13-16(2)12-17(3)14-25/h4-11,16-17H,12-14H2,1-3H3/t16-,17+. The predicted octanol–water partition coefficient (Wildman–Crippen LogP) is 5.09. The lowest BCUT2D eigenvalue weighted by Crippen LogP contribution is -2.39. The second-order valence-corrected chi connectivity index (χ2v) is 7.61. The third-order valence-electron chi connectivity index (χ3n) is 5.06. The molecular weight excluding hydrogens is 306 g/mol. The van der Waals surface area contributed by atoms with Gasteiger partial charge in [-0.1, -0.05) is 55.8 Å². The summed E-state index contributed by atoms with van der Waals surface area (Å²) in [5.74, 6) is 3.29. The number of aromatic nitrogens is 2. The zero-order valence-corrected chi connectivity index (χ0v) is 15.2. The van der Waals surface area contributed by atoms with Gasteiger partial charge in [0.1, 0.15) is 5.82 Å². The van der Waals surface area contributed by atoms with Crippen LogP contribution >= 0.6 is 0 Å². The van der Waals surface area contributed by atoms with Crippen molar-refractivity contribution in [2.45, 2.75) is 27.2 Å². The fourth-order valence-electron chi connectivity index (χ4n) is 3.97. The molecule has 2 atom stereocenters. The molecule has 128 valence electrons. The van der Waals surface area contributed by atoms with Crippen LogP contribution in [0, 0.1) is 18.8 Å². The number of fused-ring (bicyclic) bond motifs is 1. The third kappa shape index (κ3) is 3.23. The molecule has 0 N–H and O–H groups in total. The number of rotatable bonds is 2. The molecule has 4 rings (SSSR count). The predicted molar refractivity (Wildman–Crippen MR) is 105 cm³/mol. The minimum absolute atomic E-state index is 0.695. The number of piperidine rings is 1. The summed E-state index contributed by atoms with van der Waals surface area (Å²) in [4.78, 5) is 12.3. The van der Waals surface area contributed by atoms with Gasteiger partial charge in [0.05, 0.1) is 5.52 Å². The Morgan fingerprint density at radius 2 is 1.56 bits per heavy atom. The average molecular weight is 331 g/mol. The molecule has 0 amide bonds. The number of benzene rings is 2. The number of aryl methyl sites for hydroxylation is 1. The smallest absolute Gasteiger partial charge is 0.162 e. The molecule has 0 saturated carbocycles. The van der Waals surface area contributed by atoms with Gasteiger partial charge in [-0.3, -0.25) is 0 Å². The quantitative estimate of drug-likeness (QED) is 0.655. The van der Waals surface area contributed by atoms with Crippen LogP contribution in [0.5, 0.6) is 0 Å². The number of hydrogen-bond donors (Lipinski definition) is 0. The Hall–Kier alpha value is -2.42.